The third-order valence-corrected chi connectivity index (χ3v) is 6.54. The SMILES string of the molecule is COc1ccc(Cl)cc1CN1CCN(C(=O)CCC(=O)Nc2ccc3c(n2)n(C)c(=O)n3C)CC1. The van der Waals surface area contributed by atoms with Crippen molar-refractivity contribution in [1.29, 1.82) is 0 Å². The summed E-state index contributed by atoms with van der Waals surface area (Å²) in [7, 11) is 4.94. The molecule has 1 aliphatic rings. The van der Waals surface area contributed by atoms with Gasteiger partial charge in [-0.25, -0.2) is 9.78 Å². The van der Waals surface area contributed by atoms with Crippen LogP contribution in [-0.2, 0) is 30.2 Å². The highest BCUT2D eigenvalue weighted by Crippen LogP contribution is 2.24. The van der Waals surface area contributed by atoms with Crippen molar-refractivity contribution in [3.05, 3.63) is 51.4 Å². The second-order valence-electron chi connectivity index (χ2n) is 8.60. The lowest BCUT2D eigenvalue weighted by molar-refractivity contribution is -0.134. The Morgan fingerprint density at radius 1 is 1.06 bits per heavy atom. The molecule has 11 heteroatoms. The van der Waals surface area contributed by atoms with Crippen LogP contribution in [-0.4, -0.2) is 69.0 Å². The van der Waals surface area contributed by atoms with E-state index >= 15 is 0 Å². The molecule has 1 aromatic carbocycles. The lowest BCUT2D eigenvalue weighted by Crippen LogP contribution is -2.48. The van der Waals surface area contributed by atoms with Gasteiger partial charge in [-0.3, -0.25) is 23.6 Å². The summed E-state index contributed by atoms with van der Waals surface area (Å²) in [5.41, 5.74) is 1.99. The summed E-state index contributed by atoms with van der Waals surface area (Å²) in [5, 5.41) is 3.38. The Hall–Kier alpha value is -3.37. The van der Waals surface area contributed by atoms with Gasteiger partial charge in [0.05, 0.1) is 12.6 Å². The molecular formula is C24H29ClN6O4. The van der Waals surface area contributed by atoms with Crippen molar-refractivity contribution in [2.45, 2.75) is 19.4 Å². The predicted octanol–water partition coefficient (Wildman–Crippen LogP) is 2.00. The van der Waals surface area contributed by atoms with Gasteiger partial charge in [0.1, 0.15) is 11.6 Å². The Balaban J connectivity index is 1.25. The van der Waals surface area contributed by atoms with Crippen LogP contribution in [0.2, 0.25) is 5.02 Å². The van der Waals surface area contributed by atoms with E-state index in [1.165, 1.54) is 9.13 Å². The minimum absolute atomic E-state index is 0.0472. The largest absolute Gasteiger partial charge is 0.496 e. The number of methoxy groups -OCH3 is 1. The Morgan fingerprint density at radius 2 is 1.80 bits per heavy atom. The normalized spacial score (nSPS) is 14.3. The number of hydrogen-bond acceptors (Lipinski definition) is 6. The number of benzene rings is 1. The smallest absolute Gasteiger partial charge is 0.329 e. The number of nitrogens with zero attached hydrogens (tertiary/aromatic N) is 5. The van der Waals surface area contributed by atoms with Crippen LogP contribution in [0.3, 0.4) is 0 Å². The molecule has 0 atom stereocenters. The van der Waals surface area contributed by atoms with E-state index in [4.69, 9.17) is 16.3 Å². The molecule has 0 bridgehead atoms. The maximum absolute atomic E-state index is 12.7. The van der Waals surface area contributed by atoms with Crippen molar-refractivity contribution in [2.24, 2.45) is 14.1 Å². The number of halogens is 1. The zero-order valence-corrected chi connectivity index (χ0v) is 20.8. The van der Waals surface area contributed by atoms with Crippen LogP contribution in [0.25, 0.3) is 11.2 Å². The number of pyridine rings is 1. The van der Waals surface area contributed by atoms with Gasteiger partial charge in [-0.05, 0) is 30.3 Å². The third kappa shape index (κ3) is 5.49. The van der Waals surface area contributed by atoms with E-state index in [9.17, 15) is 14.4 Å². The molecule has 1 N–H and O–H groups in total. The van der Waals surface area contributed by atoms with Gasteiger partial charge in [-0.15, -0.1) is 0 Å². The highest BCUT2D eigenvalue weighted by molar-refractivity contribution is 6.30. The van der Waals surface area contributed by atoms with Gasteiger partial charge in [0.2, 0.25) is 11.8 Å². The Kier molecular flexibility index (Phi) is 7.42. The number of imidazole rings is 1. The monoisotopic (exact) mass is 500 g/mol. The fourth-order valence-electron chi connectivity index (χ4n) is 4.29. The van der Waals surface area contributed by atoms with Gasteiger partial charge >= 0.3 is 5.69 Å². The Labute approximate surface area is 208 Å². The molecule has 1 saturated heterocycles. The topological polar surface area (TPSA) is 102 Å². The molecule has 4 rings (SSSR count). The maximum atomic E-state index is 12.7. The van der Waals surface area contributed by atoms with Gasteiger partial charge in [0.15, 0.2) is 5.65 Å². The number of carbonyl (C=O) groups is 2. The number of piperazine rings is 1. The summed E-state index contributed by atoms with van der Waals surface area (Å²) in [6, 6.07) is 8.95. The van der Waals surface area contributed by atoms with E-state index in [-0.39, 0.29) is 30.3 Å². The molecule has 0 radical (unpaired) electrons. The van der Waals surface area contributed by atoms with Gasteiger partial charge in [0, 0.05) is 70.2 Å². The van der Waals surface area contributed by atoms with Crippen LogP contribution in [0.4, 0.5) is 5.82 Å². The fraction of sp³-hybridized carbons (Fsp3) is 0.417. The molecule has 0 saturated carbocycles. The molecule has 0 spiro atoms. The molecule has 2 amide bonds. The number of hydrogen-bond donors (Lipinski definition) is 1. The summed E-state index contributed by atoms with van der Waals surface area (Å²) >= 11 is 6.13. The molecular weight excluding hydrogens is 472 g/mol. The molecule has 0 aliphatic carbocycles. The van der Waals surface area contributed by atoms with E-state index in [2.05, 4.69) is 15.2 Å². The molecule has 0 unspecified atom stereocenters. The van der Waals surface area contributed by atoms with Crippen molar-refractivity contribution in [2.75, 3.05) is 38.6 Å². The van der Waals surface area contributed by atoms with E-state index in [1.54, 1.807) is 44.3 Å². The highest BCUT2D eigenvalue weighted by Gasteiger charge is 2.22. The number of fused-ring (bicyclic) bond motifs is 1. The van der Waals surface area contributed by atoms with Crippen molar-refractivity contribution >= 4 is 40.4 Å². The molecule has 3 heterocycles. The van der Waals surface area contributed by atoms with Crippen LogP contribution in [0, 0.1) is 0 Å². The van der Waals surface area contributed by atoms with E-state index in [0.29, 0.717) is 41.6 Å². The van der Waals surface area contributed by atoms with E-state index in [1.807, 2.05) is 12.1 Å². The summed E-state index contributed by atoms with van der Waals surface area (Å²) in [5.74, 6) is 0.801. The first kappa shape index (κ1) is 24.7. The molecule has 1 aliphatic heterocycles. The lowest BCUT2D eigenvalue weighted by Gasteiger charge is -2.35. The fourth-order valence-corrected chi connectivity index (χ4v) is 4.48. The first-order valence-corrected chi connectivity index (χ1v) is 11.8. The first-order chi connectivity index (χ1) is 16.8. The highest BCUT2D eigenvalue weighted by atomic mass is 35.5. The maximum Gasteiger partial charge on any atom is 0.329 e. The Morgan fingerprint density at radius 3 is 2.51 bits per heavy atom. The summed E-state index contributed by atoms with van der Waals surface area (Å²) in [6.07, 6.45) is 0.187. The van der Waals surface area contributed by atoms with Crippen molar-refractivity contribution in [3.63, 3.8) is 0 Å². The number of aromatic nitrogens is 3. The van der Waals surface area contributed by atoms with Crippen LogP contribution in [0.1, 0.15) is 18.4 Å². The molecule has 35 heavy (non-hydrogen) atoms. The summed E-state index contributed by atoms with van der Waals surface area (Å²) < 4.78 is 8.35. The number of anilines is 1. The molecule has 3 aromatic rings. The minimum Gasteiger partial charge on any atom is -0.496 e. The molecule has 186 valence electrons. The van der Waals surface area contributed by atoms with E-state index < -0.39 is 0 Å². The zero-order chi connectivity index (χ0) is 25.1. The predicted molar refractivity (Wildman–Crippen MR) is 134 cm³/mol. The number of nitrogens with one attached hydrogen (secondary N) is 1. The number of carbonyl (C=O) groups excluding carboxylic acids is 2. The van der Waals surface area contributed by atoms with Crippen molar-refractivity contribution in [3.8, 4) is 5.75 Å². The van der Waals surface area contributed by atoms with Gasteiger partial charge < -0.3 is 15.0 Å². The minimum atomic E-state index is -0.294. The van der Waals surface area contributed by atoms with Gasteiger partial charge in [0.25, 0.3) is 0 Å². The second-order valence-corrected chi connectivity index (χ2v) is 9.04. The first-order valence-electron chi connectivity index (χ1n) is 11.4. The second kappa shape index (κ2) is 10.5. The standard InChI is InChI=1S/C24H29ClN6O4/c1-28-18-5-7-20(27-23(18)29(2)24(28)34)26-21(32)8-9-22(33)31-12-10-30(11-13-31)15-16-14-17(25)4-6-19(16)35-3/h4-7,14H,8-13,15H2,1-3H3,(H,26,27,32). The lowest BCUT2D eigenvalue weighted by atomic mass is 10.1. The average molecular weight is 501 g/mol. The number of aryl methyl sites for hydroxylation is 2. The van der Waals surface area contributed by atoms with Crippen molar-refractivity contribution in [1.82, 2.24) is 23.9 Å². The molecule has 2 aromatic heterocycles. The van der Waals surface area contributed by atoms with Crippen LogP contribution >= 0.6 is 11.6 Å². The van der Waals surface area contributed by atoms with Crippen LogP contribution < -0.4 is 15.7 Å². The van der Waals surface area contributed by atoms with Crippen LogP contribution in [0.15, 0.2) is 35.1 Å². The summed E-state index contributed by atoms with van der Waals surface area (Å²) in [4.78, 5) is 45.5. The number of rotatable bonds is 7. The number of amides is 2. The van der Waals surface area contributed by atoms with Gasteiger partial charge in [-0.1, -0.05) is 11.6 Å². The van der Waals surface area contributed by atoms with E-state index in [0.717, 1.165) is 24.4 Å². The van der Waals surface area contributed by atoms with Crippen LogP contribution in [0.5, 0.6) is 5.75 Å². The van der Waals surface area contributed by atoms with Crippen molar-refractivity contribution < 1.29 is 14.3 Å². The zero-order valence-electron chi connectivity index (χ0n) is 20.1. The molecule has 1 fully saturated rings. The number of ether oxygens (including phenoxy) is 1. The van der Waals surface area contributed by atoms with Gasteiger partial charge in [-0.2, -0.15) is 0 Å². The molecule has 10 nitrogen and oxygen atoms in total. The Bertz CT molecular complexity index is 1310. The quantitative estimate of drug-likeness (QED) is 0.532. The summed E-state index contributed by atoms with van der Waals surface area (Å²) in [6.45, 7) is 3.35. The third-order valence-electron chi connectivity index (χ3n) is 6.30. The average Bonchev–Trinajstić information content (AvgIpc) is 3.06.